The first kappa shape index (κ1) is 21.8. The summed E-state index contributed by atoms with van der Waals surface area (Å²) in [5.74, 6) is -0.402. The maximum absolute atomic E-state index is 12.9. The van der Waals surface area contributed by atoms with Gasteiger partial charge >= 0.3 is 0 Å². The van der Waals surface area contributed by atoms with Crippen molar-refractivity contribution in [3.8, 4) is 16.9 Å². The van der Waals surface area contributed by atoms with Crippen molar-refractivity contribution in [2.75, 3.05) is 12.4 Å². The predicted molar refractivity (Wildman–Crippen MR) is 125 cm³/mol. The van der Waals surface area contributed by atoms with Crippen molar-refractivity contribution < 1.29 is 23.1 Å². The number of nitrogens with zero attached hydrogens (tertiary/aromatic N) is 1. The van der Waals surface area contributed by atoms with E-state index in [1.165, 1.54) is 0 Å². The van der Waals surface area contributed by atoms with Crippen LogP contribution in [0.1, 0.15) is 40.6 Å². The smallest absolute Gasteiger partial charge is 0.178 e. The standard InChI is InChI=1S/C26H25NO5S/c28-24(16-33(30,31)20-9-10-20)22-7-2-1-6-21(22)17-8-11-23-25(14-17)32-15-18(26(23)29)13-19-5-3-4-12-27-19/h1-8,11-12,14,18,20,26,29H,9-10,13,15-16H2/t18-,26+/m0/s1. The lowest BCUT2D eigenvalue weighted by Gasteiger charge is -2.30. The van der Waals surface area contributed by atoms with Crippen molar-refractivity contribution in [3.63, 3.8) is 0 Å². The van der Waals surface area contributed by atoms with Crippen LogP contribution in [0.5, 0.6) is 5.75 Å². The molecule has 0 amide bonds. The van der Waals surface area contributed by atoms with E-state index in [-0.39, 0.29) is 11.2 Å². The van der Waals surface area contributed by atoms with E-state index < -0.39 is 27.5 Å². The third-order valence-corrected chi connectivity index (χ3v) is 8.48. The van der Waals surface area contributed by atoms with Crippen LogP contribution in [0.25, 0.3) is 11.1 Å². The zero-order chi connectivity index (χ0) is 23.0. The highest BCUT2D eigenvalue weighted by atomic mass is 32.2. The Labute approximate surface area is 193 Å². The second-order valence-corrected chi connectivity index (χ2v) is 11.1. The van der Waals surface area contributed by atoms with E-state index in [2.05, 4.69) is 4.98 Å². The van der Waals surface area contributed by atoms with Crippen LogP contribution in [0, 0.1) is 5.92 Å². The summed E-state index contributed by atoms with van der Waals surface area (Å²) in [7, 11) is -3.40. The van der Waals surface area contributed by atoms with Gasteiger partial charge in [-0.3, -0.25) is 9.78 Å². The molecular weight excluding hydrogens is 438 g/mol. The number of benzene rings is 2. The second kappa shape index (κ2) is 8.72. The third kappa shape index (κ3) is 4.56. The Kier molecular flexibility index (Phi) is 5.76. The number of sulfone groups is 1. The molecule has 1 aromatic heterocycles. The fraction of sp³-hybridized carbons (Fsp3) is 0.308. The molecule has 3 aromatic rings. The maximum Gasteiger partial charge on any atom is 0.178 e. The van der Waals surface area contributed by atoms with Crippen LogP contribution in [-0.2, 0) is 16.3 Å². The second-order valence-electron chi connectivity index (χ2n) is 8.77. The molecule has 170 valence electrons. The minimum atomic E-state index is -3.40. The van der Waals surface area contributed by atoms with Crippen molar-refractivity contribution in [3.05, 3.63) is 83.7 Å². The Bertz CT molecular complexity index is 1290. The highest BCUT2D eigenvalue weighted by Gasteiger charge is 2.37. The number of aliphatic hydroxyl groups is 1. The number of aliphatic hydroxyl groups excluding tert-OH is 1. The molecule has 2 aliphatic rings. The minimum absolute atomic E-state index is 0.111. The molecule has 2 heterocycles. The zero-order valence-electron chi connectivity index (χ0n) is 18.1. The number of carbonyl (C=O) groups is 1. The van der Waals surface area contributed by atoms with Crippen LogP contribution in [0.2, 0.25) is 0 Å². The molecule has 1 aliphatic carbocycles. The first-order valence-corrected chi connectivity index (χ1v) is 12.8. The number of hydrogen-bond donors (Lipinski definition) is 1. The zero-order valence-corrected chi connectivity index (χ0v) is 18.9. The van der Waals surface area contributed by atoms with Gasteiger partial charge in [-0.1, -0.05) is 42.5 Å². The number of Topliss-reactive ketones (excluding diaryl/α,β-unsaturated/α-hetero) is 1. The van der Waals surface area contributed by atoms with E-state index in [1.54, 1.807) is 18.3 Å². The SMILES string of the molecule is O=C(CS(=O)(=O)C1CC1)c1ccccc1-c1ccc2c(c1)OC[C@H](Cc1ccccn1)[C@H]2O. The van der Waals surface area contributed by atoms with Gasteiger partial charge in [-0.15, -0.1) is 0 Å². The number of ketones is 1. The molecule has 5 rings (SSSR count). The number of hydrogen-bond acceptors (Lipinski definition) is 6. The van der Waals surface area contributed by atoms with Gasteiger partial charge in [-0.05, 0) is 48.6 Å². The number of fused-ring (bicyclic) bond motifs is 1. The van der Waals surface area contributed by atoms with Crippen molar-refractivity contribution in [1.82, 2.24) is 4.98 Å². The van der Waals surface area contributed by atoms with E-state index >= 15 is 0 Å². The summed E-state index contributed by atoms with van der Waals surface area (Å²) >= 11 is 0. The summed E-state index contributed by atoms with van der Waals surface area (Å²) in [6.07, 6.45) is 2.94. The van der Waals surface area contributed by atoms with Crippen LogP contribution in [0.3, 0.4) is 0 Å². The molecule has 2 aromatic carbocycles. The van der Waals surface area contributed by atoms with E-state index in [1.807, 2.05) is 48.5 Å². The van der Waals surface area contributed by atoms with Crippen LogP contribution in [0.15, 0.2) is 66.9 Å². The molecule has 2 atom stereocenters. The molecule has 0 bridgehead atoms. The number of rotatable bonds is 7. The average molecular weight is 464 g/mol. The molecule has 7 heteroatoms. The number of ether oxygens (including phenoxy) is 1. The quantitative estimate of drug-likeness (QED) is 0.536. The summed E-state index contributed by atoms with van der Waals surface area (Å²) in [6, 6.07) is 18.2. The van der Waals surface area contributed by atoms with Crippen LogP contribution in [0.4, 0.5) is 0 Å². The Morgan fingerprint density at radius 2 is 1.85 bits per heavy atom. The Morgan fingerprint density at radius 1 is 1.06 bits per heavy atom. The summed E-state index contributed by atoms with van der Waals surface area (Å²) in [4.78, 5) is 17.2. The Morgan fingerprint density at radius 3 is 2.61 bits per heavy atom. The maximum atomic E-state index is 12.9. The van der Waals surface area contributed by atoms with Gasteiger partial charge in [0.25, 0.3) is 0 Å². The van der Waals surface area contributed by atoms with Crippen molar-refractivity contribution >= 4 is 15.6 Å². The summed E-state index contributed by atoms with van der Waals surface area (Å²) in [6.45, 7) is 0.356. The molecular formula is C26H25NO5S. The summed E-state index contributed by atoms with van der Waals surface area (Å²) < 4.78 is 30.7. The Hall–Kier alpha value is -3.03. The van der Waals surface area contributed by atoms with Crippen molar-refractivity contribution in [2.45, 2.75) is 30.6 Å². The van der Waals surface area contributed by atoms with Gasteiger partial charge in [0.2, 0.25) is 0 Å². The number of pyridine rings is 1. The first-order chi connectivity index (χ1) is 15.9. The molecule has 1 saturated carbocycles. The van der Waals surface area contributed by atoms with E-state index in [0.717, 1.165) is 11.3 Å². The number of aromatic nitrogens is 1. The third-order valence-electron chi connectivity index (χ3n) is 6.33. The van der Waals surface area contributed by atoms with Crippen LogP contribution in [-0.4, -0.2) is 41.9 Å². The Balaban J connectivity index is 1.40. The minimum Gasteiger partial charge on any atom is -0.493 e. The first-order valence-electron chi connectivity index (χ1n) is 11.1. The molecule has 0 unspecified atom stereocenters. The largest absolute Gasteiger partial charge is 0.493 e. The average Bonchev–Trinajstić information content (AvgIpc) is 3.68. The predicted octanol–water partition coefficient (Wildman–Crippen LogP) is 3.79. The normalized spacial score (nSPS) is 20.0. The molecule has 0 radical (unpaired) electrons. The topological polar surface area (TPSA) is 93.6 Å². The van der Waals surface area contributed by atoms with Gasteiger partial charge in [-0.25, -0.2) is 8.42 Å². The van der Waals surface area contributed by atoms with Gasteiger partial charge < -0.3 is 9.84 Å². The van der Waals surface area contributed by atoms with Gasteiger partial charge in [0.1, 0.15) is 11.5 Å². The van der Waals surface area contributed by atoms with E-state index in [9.17, 15) is 18.3 Å². The monoisotopic (exact) mass is 463 g/mol. The number of carbonyl (C=O) groups excluding carboxylic acids is 1. The van der Waals surface area contributed by atoms with E-state index in [0.29, 0.717) is 48.3 Å². The van der Waals surface area contributed by atoms with Gasteiger partial charge in [0.15, 0.2) is 15.6 Å². The fourth-order valence-electron chi connectivity index (χ4n) is 4.35. The lowest BCUT2D eigenvalue weighted by atomic mass is 9.88. The van der Waals surface area contributed by atoms with Crippen LogP contribution >= 0.6 is 0 Å². The lowest BCUT2D eigenvalue weighted by Crippen LogP contribution is -2.28. The highest BCUT2D eigenvalue weighted by molar-refractivity contribution is 7.93. The van der Waals surface area contributed by atoms with Gasteiger partial charge in [-0.2, -0.15) is 0 Å². The summed E-state index contributed by atoms with van der Waals surface area (Å²) in [5.41, 5.74) is 3.39. The molecule has 6 nitrogen and oxygen atoms in total. The van der Waals surface area contributed by atoms with Crippen molar-refractivity contribution in [2.24, 2.45) is 5.92 Å². The van der Waals surface area contributed by atoms with Crippen LogP contribution < -0.4 is 4.74 Å². The molecule has 33 heavy (non-hydrogen) atoms. The lowest BCUT2D eigenvalue weighted by molar-refractivity contribution is 0.0503. The van der Waals surface area contributed by atoms with Gasteiger partial charge in [0, 0.05) is 28.9 Å². The molecule has 1 fully saturated rings. The molecule has 1 aliphatic heterocycles. The highest BCUT2D eigenvalue weighted by Crippen LogP contribution is 2.40. The molecule has 0 saturated heterocycles. The van der Waals surface area contributed by atoms with E-state index in [4.69, 9.17) is 4.74 Å². The van der Waals surface area contributed by atoms with Crippen molar-refractivity contribution in [1.29, 1.82) is 0 Å². The molecule has 1 N–H and O–H groups in total. The van der Waals surface area contributed by atoms with Gasteiger partial charge in [0.05, 0.1) is 18.0 Å². The molecule has 0 spiro atoms. The summed E-state index contributed by atoms with van der Waals surface area (Å²) in [5, 5.41) is 10.6. The fourth-order valence-corrected chi connectivity index (χ4v) is 5.97.